The van der Waals surface area contributed by atoms with E-state index in [9.17, 15) is 18.8 Å². The summed E-state index contributed by atoms with van der Waals surface area (Å²) in [5.74, 6) is -2.81. The number of carbonyl (C=O) groups excluding carboxylic acids is 3. The van der Waals surface area contributed by atoms with Crippen LogP contribution in [0.25, 0.3) is 0 Å². The lowest BCUT2D eigenvalue weighted by atomic mass is 10.1. The van der Waals surface area contributed by atoms with Crippen LogP contribution in [0.5, 0.6) is 0 Å². The Kier molecular flexibility index (Phi) is 8.23. The molecule has 0 atom stereocenters. The van der Waals surface area contributed by atoms with Crippen molar-refractivity contribution in [2.45, 2.75) is 53.0 Å². The van der Waals surface area contributed by atoms with Crippen LogP contribution >= 0.6 is 11.6 Å². The van der Waals surface area contributed by atoms with E-state index < -0.39 is 23.7 Å². The fourth-order valence-electron chi connectivity index (χ4n) is 2.97. The van der Waals surface area contributed by atoms with Crippen LogP contribution in [-0.2, 0) is 30.3 Å². The van der Waals surface area contributed by atoms with Gasteiger partial charge in [0.1, 0.15) is 0 Å². The first-order valence-corrected chi connectivity index (χ1v) is 10.3. The Labute approximate surface area is 180 Å². The molecule has 1 aromatic carbocycles. The lowest BCUT2D eigenvalue weighted by Crippen LogP contribution is -2.27. The third-order valence-corrected chi connectivity index (χ3v) is 4.82. The van der Waals surface area contributed by atoms with Crippen molar-refractivity contribution in [3.05, 3.63) is 34.2 Å². The maximum Gasteiger partial charge on any atom is 0.347 e. The van der Waals surface area contributed by atoms with Crippen LogP contribution in [0.15, 0.2) is 17.8 Å². The smallest absolute Gasteiger partial charge is 0.347 e. The molecule has 1 saturated carbocycles. The summed E-state index contributed by atoms with van der Waals surface area (Å²) in [7, 11) is 0. The first-order valence-electron chi connectivity index (χ1n) is 9.87. The van der Waals surface area contributed by atoms with Crippen LogP contribution in [0, 0.1) is 5.82 Å². The second kappa shape index (κ2) is 10.4. The van der Waals surface area contributed by atoms with E-state index in [1.165, 1.54) is 19.2 Å². The largest absolute Gasteiger partial charge is 0.462 e. The Bertz CT molecular complexity index is 847. The molecule has 1 amide bonds. The van der Waals surface area contributed by atoms with Crippen LogP contribution in [0.1, 0.15) is 46.1 Å². The predicted molar refractivity (Wildman–Crippen MR) is 112 cm³/mol. The Morgan fingerprint density at radius 1 is 1.20 bits per heavy atom. The third kappa shape index (κ3) is 5.50. The van der Waals surface area contributed by atoms with Crippen LogP contribution in [0.4, 0.5) is 15.8 Å². The van der Waals surface area contributed by atoms with Gasteiger partial charge in [-0.15, -0.1) is 0 Å². The highest BCUT2D eigenvalue weighted by atomic mass is 35.5. The Morgan fingerprint density at radius 3 is 2.20 bits per heavy atom. The molecule has 164 valence electrons. The van der Waals surface area contributed by atoms with Crippen molar-refractivity contribution in [1.82, 2.24) is 0 Å². The third-order valence-electron chi connectivity index (χ3n) is 4.43. The standard InChI is InChI=1S/C21H26ClFN2O5/c1-5-14-17(10-16(24-12(4)26)19(23)18(14)22)25(13-8-9-13)11-15(20(27)29-6-2)21(28)30-7-3/h10-11,13H,5-9H2,1-4H3,(H,24,26). The molecule has 0 heterocycles. The summed E-state index contributed by atoms with van der Waals surface area (Å²) in [4.78, 5) is 38.0. The lowest BCUT2D eigenvalue weighted by molar-refractivity contribution is -0.146. The average Bonchev–Trinajstić information content (AvgIpc) is 3.51. The van der Waals surface area contributed by atoms with Gasteiger partial charge in [-0.1, -0.05) is 18.5 Å². The monoisotopic (exact) mass is 440 g/mol. The Morgan fingerprint density at radius 2 is 1.77 bits per heavy atom. The first kappa shape index (κ1) is 23.7. The summed E-state index contributed by atoms with van der Waals surface area (Å²) in [6.45, 7) is 6.53. The molecule has 1 N–H and O–H groups in total. The fourth-order valence-corrected chi connectivity index (χ4v) is 3.30. The van der Waals surface area contributed by atoms with Gasteiger partial charge in [-0.2, -0.15) is 0 Å². The first-order chi connectivity index (χ1) is 14.2. The second-order valence-corrected chi connectivity index (χ2v) is 7.08. The highest BCUT2D eigenvalue weighted by Gasteiger charge is 2.33. The van der Waals surface area contributed by atoms with Gasteiger partial charge in [0.25, 0.3) is 0 Å². The summed E-state index contributed by atoms with van der Waals surface area (Å²) in [5.41, 5.74) is 0.654. The topological polar surface area (TPSA) is 84.9 Å². The molecule has 0 aromatic heterocycles. The molecule has 0 unspecified atom stereocenters. The Hall–Kier alpha value is -2.61. The molecule has 1 aliphatic rings. The summed E-state index contributed by atoms with van der Waals surface area (Å²) >= 11 is 6.26. The number of nitrogens with zero attached hydrogens (tertiary/aromatic N) is 1. The van der Waals surface area contributed by atoms with E-state index in [-0.39, 0.29) is 35.5 Å². The minimum atomic E-state index is -0.810. The molecule has 1 aliphatic carbocycles. The molecule has 30 heavy (non-hydrogen) atoms. The summed E-state index contributed by atoms with van der Waals surface area (Å²) in [6.07, 6.45) is 3.39. The minimum Gasteiger partial charge on any atom is -0.462 e. The molecule has 2 rings (SSSR count). The summed E-state index contributed by atoms with van der Waals surface area (Å²) in [6, 6.07) is 1.45. The highest BCUT2D eigenvalue weighted by Crippen LogP contribution is 2.41. The molecule has 0 aliphatic heterocycles. The van der Waals surface area contributed by atoms with Gasteiger partial charge >= 0.3 is 11.9 Å². The van der Waals surface area contributed by atoms with Crippen molar-refractivity contribution in [3.63, 3.8) is 0 Å². The highest BCUT2D eigenvalue weighted by molar-refractivity contribution is 6.32. The zero-order valence-corrected chi connectivity index (χ0v) is 18.3. The minimum absolute atomic E-state index is 0.0131. The van der Waals surface area contributed by atoms with E-state index in [1.807, 2.05) is 6.92 Å². The quantitative estimate of drug-likeness (QED) is 0.270. The average molecular weight is 441 g/mol. The van der Waals surface area contributed by atoms with Crippen molar-refractivity contribution in [2.75, 3.05) is 23.4 Å². The zero-order valence-electron chi connectivity index (χ0n) is 17.5. The van der Waals surface area contributed by atoms with Crippen LogP contribution in [-0.4, -0.2) is 37.1 Å². The number of anilines is 2. The number of carbonyl (C=O) groups is 3. The molecular weight excluding hydrogens is 415 g/mol. The normalized spacial score (nSPS) is 12.7. The van der Waals surface area contributed by atoms with Gasteiger partial charge in [-0.05, 0) is 44.7 Å². The van der Waals surface area contributed by atoms with E-state index in [0.29, 0.717) is 17.7 Å². The summed E-state index contributed by atoms with van der Waals surface area (Å²) < 4.78 is 24.7. The van der Waals surface area contributed by atoms with E-state index in [4.69, 9.17) is 21.1 Å². The lowest BCUT2D eigenvalue weighted by Gasteiger charge is -2.26. The molecule has 0 spiro atoms. The number of nitrogens with one attached hydrogen (secondary N) is 1. The molecule has 1 fully saturated rings. The van der Waals surface area contributed by atoms with Crippen molar-refractivity contribution in [2.24, 2.45) is 0 Å². The zero-order chi connectivity index (χ0) is 22.4. The Balaban J connectivity index is 2.64. The van der Waals surface area contributed by atoms with Gasteiger partial charge in [-0.25, -0.2) is 14.0 Å². The number of esters is 2. The van der Waals surface area contributed by atoms with Gasteiger partial charge in [0.15, 0.2) is 11.4 Å². The number of halogens is 2. The van der Waals surface area contributed by atoms with Crippen molar-refractivity contribution >= 4 is 40.8 Å². The van der Waals surface area contributed by atoms with Gasteiger partial charge < -0.3 is 19.7 Å². The molecule has 7 nitrogen and oxygen atoms in total. The number of amides is 1. The molecular formula is C21H26ClFN2O5. The van der Waals surface area contributed by atoms with Crippen LogP contribution in [0.3, 0.4) is 0 Å². The number of ether oxygens (including phenoxy) is 2. The molecule has 0 radical (unpaired) electrons. The van der Waals surface area contributed by atoms with Crippen LogP contribution < -0.4 is 10.2 Å². The number of rotatable bonds is 9. The maximum atomic E-state index is 14.7. The van der Waals surface area contributed by atoms with Gasteiger partial charge in [0, 0.05) is 24.9 Å². The second-order valence-electron chi connectivity index (χ2n) is 6.71. The van der Waals surface area contributed by atoms with Gasteiger partial charge in [-0.3, -0.25) is 4.79 Å². The molecule has 0 bridgehead atoms. The summed E-state index contributed by atoms with van der Waals surface area (Å²) in [5, 5.41) is 2.31. The molecule has 0 saturated heterocycles. The van der Waals surface area contributed by atoms with E-state index >= 15 is 0 Å². The van der Waals surface area contributed by atoms with Crippen molar-refractivity contribution in [3.8, 4) is 0 Å². The van der Waals surface area contributed by atoms with Gasteiger partial charge in [0.05, 0.1) is 23.9 Å². The van der Waals surface area contributed by atoms with E-state index in [0.717, 1.165) is 12.8 Å². The maximum absolute atomic E-state index is 14.7. The SMILES string of the molecule is CCOC(=O)C(=CN(c1cc(NC(C)=O)c(F)c(Cl)c1CC)C1CC1)C(=O)OCC. The van der Waals surface area contributed by atoms with Crippen molar-refractivity contribution in [1.29, 1.82) is 0 Å². The number of hydrogen-bond acceptors (Lipinski definition) is 6. The molecule has 9 heteroatoms. The van der Waals surface area contributed by atoms with Crippen molar-refractivity contribution < 1.29 is 28.2 Å². The predicted octanol–water partition coefficient (Wildman–Crippen LogP) is 3.98. The van der Waals surface area contributed by atoms with E-state index in [1.54, 1.807) is 18.7 Å². The number of hydrogen-bond donors (Lipinski definition) is 1. The molecule has 1 aromatic rings. The fraction of sp³-hybridized carbons (Fsp3) is 0.476. The van der Waals surface area contributed by atoms with E-state index in [2.05, 4.69) is 5.32 Å². The van der Waals surface area contributed by atoms with Gasteiger partial charge in [0.2, 0.25) is 5.91 Å². The number of benzene rings is 1. The van der Waals surface area contributed by atoms with Crippen LogP contribution in [0.2, 0.25) is 5.02 Å².